The number of para-hydroxylation sites is 1. The first kappa shape index (κ1) is 12.2. The Kier molecular flexibility index (Phi) is 3.62. The lowest BCUT2D eigenvalue weighted by molar-refractivity contribution is 0.0953. The molecule has 0 aliphatic carbocycles. The summed E-state index contributed by atoms with van der Waals surface area (Å²) in [5.41, 5.74) is 5.56. The van der Waals surface area contributed by atoms with Gasteiger partial charge in [-0.1, -0.05) is 6.07 Å². The van der Waals surface area contributed by atoms with Crippen molar-refractivity contribution in [2.24, 2.45) is 0 Å². The van der Waals surface area contributed by atoms with Crippen LogP contribution in [-0.2, 0) is 6.54 Å². The van der Waals surface area contributed by atoms with E-state index < -0.39 is 5.82 Å². The lowest BCUT2D eigenvalue weighted by Crippen LogP contribution is -2.27. The van der Waals surface area contributed by atoms with Crippen LogP contribution in [0.15, 0.2) is 42.7 Å². The Morgan fingerprint density at radius 2 is 2.00 bits per heavy atom. The topological polar surface area (TPSA) is 60.1 Å². The highest BCUT2D eigenvalue weighted by Gasteiger charge is 2.11. The summed E-state index contributed by atoms with van der Waals surface area (Å²) in [6.45, 7) is 1.12. The standard InChI is InChI=1S/C13H14FN3O/c14-11-5-3-4-10(12(11)15)13(18)16-6-9-17-7-1-2-8-17/h1-5,7-8H,6,9,15H2,(H,16,18). The molecule has 0 bridgehead atoms. The summed E-state index contributed by atoms with van der Waals surface area (Å²) in [6.07, 6.45) is 3.81. The van der Waals surface area contributed by atoms with E-state index in [1.807, 2.05) is 29.1 Å². The molecule has 94 valence electrons. The molecule has 1 aromatic carbocycles. The fourth-order valence-electron chi connectivity index (χ4n) is 1.65. The number of benzene rings is 1. The van der Waals surface area contributed by atoms with Crippen molar-refractivity contribution in [3.8, 4) is 0 Å². The van der Waals surface area contributed by atoms with Gasteiger partial charge in [-0.2, -0.15) is 0 Å². The minimum absolute atomic E-state index is 0.115. The number of aromatic nitrogens is 1. The molecular formula is C13H14FN3O. The highest BCUT2D eigenvalue weighted by Crippen LogP contribution is 2.15. The van der Waals surface area contributed by atoms with Crippen molar-refractivity contribution in [1.82, 2.24) is 9.88 Å². The minimum Gasteiger partial charge on any atom is -0.396 e. The normalized spacial score (nSPS) is 10.3. The van der Waals surface area contributed by atoms with E-state index in [0.717, 1.165) is 0 Å². The van der Waals surface area contributed by atoms with Crippen LogP contribution in [0.4, 0.5) is 10.1 Å². The molecule has 0 radical (unpaired) electrons. The number of carbonyl (C=O) groups is 1. The van der Waals surface area contributed by atoms with Gasteiger partial charge in [0.15, 0.2) is 0 Å². The highest BCUT2D eigenvalue weighted by molar-refractivity contribution is 5.99. The number of hydrogen-bond acceptors (Lipinski definition) is 2. The molecule has 2 rings (SSSR count). The maximum absolute atomic E-state index is 13.2. The number of hydrogen-bond donors (Lipinski definition) is 2. The first-order valence-electron chi connectivity index (χ1n) is 5.61. The van der Waals surface area contributed by atoms with Crippen LogP contribution >= 0.6 is 0 Å². The van der Waals surface area contributed by atoms with E-state index in [4.69, 9.17) is 5.73 Å². The lowest BCUT2D eigenvalue weighted by atomic mass is 10.1. The molecule has 3 N–H and O–H groups in total. The summed E-state index contributed by atoms with van der Waals surface area (Å²) in [7, 11) is 0. The van der Waals surface area contributed by atoms with Crippen molar-refractivity contribution < 1.29 is 9.18 Å². The van der Waals surface area contributed by atoms with Gasteiger partial charge in [0.25, 0.3) is 5.91 Å². The molecule has 2 aromatic rings. The molecule has 0 unspecified atom stereocenters. The zero-order valence-electron chi connectivity index (χ0n) is 9.77. The van der Waals surface area contributed by atoms with Gasteiger partial charge in [0.1, 0.15) is 5.82 Å². The van der Waals surface area contributed by atoms with Crippen LogP contribution in [0, 0.1) is 5.82 Å². The fourth-order valence-corrected chi connectivity index (χ4v) is 1.65. The van der Waals surface area contributed by atoms with Crippen LogP contribution in [0.2, 0.25) is 0 Å². The van der Waals surface area contributed by atoms with Gasteiger partial charge in [0, 0.05) is 25.5 Å². The summed E-state index contributed by atoms with van der Waals surface area (Å²) in [5, 5.41) is 2.70. The van der Waals surface area contributed by atoms with Crippen LogP contribution < -0.4 is 11.1 Å². The molecule has 1 amide bonds. The van der Waals surface area contributed by atoms with Gasteiger partial charge in [0.2, 0.25) is 0 Å². The number of carbonyl (C=O) groups excluding carboxylic acids is 1. The number of halogens is 1. The second kappa shape index (κ2) is 5.35. The van der Waals surface area contributed by atoms with Gasteiger partial charge >= 0.3 is 0 Å². The molecule has 0 aliphatic heterocycles. The number of rotatable bonds is 4. The first-order chi connectivity index (χ1) is 8.68. The largest absolute Gasteiger partial charge is 0.396 e. The molecule has 0 aliphatic rings. The number of nitrogens with two attached hydrogens (primary N) is 1. The number of nitrogens with one attached hydrogen (secondary N) is 1. The van der Waals surface area contributed by atoms with Gasteiger partial charge in [-0.05, 0) is 24.3 Å². The van der Waals surface area contributed by atoms with Gasteiger partial charge in [-0.25, -0.2) is 4.39 Å². The van der Waals surface area contributed by atoms with E-state index in [1.54, 1.807) is 0 Å². The van der Waals surface area contributed by atoms with E-state index in [2.05, 4.69) is 5.32 Å². The molecule has 0 saturated heterocycles. The predicted molar refractivity (Wildman–Crippen MR) is 67.6 cm³/mol. The smallest absolute Gasteiger partial charge is 0.253 e. The van der Waals surface area contributed by atoms with Crippen molar-refractivity contribution in [3.05, 3.63) is 54.1 Å². The Bertz CT molecular complexity index is 537. The maximum Gasteiger partial charge on any atom is 0.253 e. The zero-order chi connectivity index (χ0) is 13.0. The fraction of sp³-hybridized carbons (Fsp3) is 0.154. The average molecular weight is 247 g/mol. The highest BCUT2D eigenvalue weighted by atomic mass is 19.1. The Hall–Kier alpha value is -2.30. The van der Waals surface area contributed by atoms with E-state index in [0.29, 0.717) is 13.1 Å². The summed E-state index contributed by atoms with van der Waals surface area (Å²) < 4.78 is 15.1. The van der Waals surface area contributed by atoms with Crippen LogP contribution in [0.5, 0.6) is 0 Å². The molecule has 4 nitrogen and oxygen atoms in total. The van der Waals surface area contributed by atoms with Crippen molar-refractivity contribution in [1.29, 1.82) is 0 Å². The average Bonchev–Trinajstić information content (AvgIpc) is 2.85. The third kappa shape index (κ3) is 2.68. The molecule has 0 atom stereocenters. The Morgan fingerprint density at radius 1 is 1.28 bits per heavy atom. The van der Waals surface area contributed by atoms with Gasteiger partial charge in [-0.15, -0.1) is 0 Å². The summed E-state index contributed by atoms with van der Waals surface area (Å²) in [5.74, 6) is -0.938. The monoisotopic (exact) mass is 247 g/mol. The molecule has 1 aromatic heterocycles. The van der Waals surface area contributed by atoms with Gasteiger partial charge in [0.05, 0.1) is 11.3 Å². The van der Waals surface area contributed by atoms with Crippen LogP contribution in [0.25, 0.3) is 0 Å². The van der Waals surface area contributed by atoms with E-state index in [-0.39, 0.29) is 17.2 Å². The first-order valence-corrected chi connectivity index (χ1v) is 5.61. The van der Waals surface area contributed by atoms with E-state index >= 15 is 0 Å². The zero-order valence-corrected chi connectivity index (χ0v) is 9.77. The molecule has 0 saturated carbocycles. The summed E-state index contributed by atoms with van der Waals surface area (Å²) in [4.78, 5) is 11.8. The molecule has 5 heteroatoms. The Labute approximate surface area is 104 Å². The Balaban J connectivity index is 1.93. The summed E-state index contributed by atoms with van der Waals surface area (Å²) in [6, 6.07) is 8.01. The minimum atomic E-state index is -0.576. The quantitative estimate of drug-likeness (QED) is 0.807. The van der Waals surface area contributed by atoms with E-state index in [9.17, 15) is 9.18 Å². The number of nitrogen functional groups attached to an aromatic ring is 1. The van der Waals surface area contributed by atoms with Gasteiger partial charge in [-0.3, -0.25) is 4.79 Å². The van der Waals surface area contributed by atoms with Crippen LogP contribution in [0.3, 0.4) is 0 Å². The third-order valence-electron chi connectivity index (χ3n) is 2.62. The van der Waals surface area contributed by atoms with Crippen LogP contribution in [-0.4, -0.2) is 17.0 Å². The van der Waals surface area contributed by atoms with Crippen molar-refractivity contribution in [2.45, 2.75) is 6.54 Å². The van der Waals surface area contributed by atoms with Crippen molar-refractivity contribution >= 4 is 11.6 Å². The maximum atomic E-state index is 13.2. The van der Waals surface area contributed by atoms with Crippen molar-refractivity contribution in [3.63, 3.8) is 0 Å². The summed E-state index contributed by atoms with van der Waals surface area (Å²) >= 11 is 0. The predicted octanol–water partition coefficient (Wildman–Crippen LogP) is 1.64. The van der Waals surface area contributed by atoms with Crippen LogP contribution in [0.1, 0.15) is 10.4 Å². The number of anilines is 1. The lowest BCUT2D eigenvalue weighted by Gasteiger charge is -2.08. The molecule has 0 spiro atoms. The molecule has 0 fully saturated rings. The molecular weight excluding hydrogens is 233 g/mol. The molecule has 1 heterocycles. The Morgan fingerprint density at radius 3 is 2.72 bits per heavy atom. The SMILES string of the molecule is Nc1c(F)cccc1C(=O)NCCn1cccc1. The van der Waals surface area contributed by atoms with E-state index in [1.165, 1.54) is 18.2 Å². The number of amides is 1. The second-order valence-electron chi connectivity index (χ2n) is 3.88. The second-order valence-corrected chi connectivity index (χ2v) is 3.88. The van der Waals surface area contributed by atoms with Gasteiger partial charge < -0.3 is 15.6 Å². The third-order valence-corrected chi connectivity index (χ3v) is 2.62. The number of nitrogens with zero attached hydrogens (tertiary/aromatic N) is 1. The van der Waals surface area contributed by atoms with Crippen molar-refractivity contribution in [2.75, 3.05) is 12.3 Å². The molecule has 18 heavy (non-hydrogen) atoms.